The lowest BCUT2D eigenvalue weighted by atomic mass is 9.95. The number of benzene rings is 3. The average molecular weight is 370 g/mol. The fourth-order valence-electron chi connectivity index (χ4n) is 4.03. The van der Waals surface area contributed by atoms with E-state index in [-0.39, 0.29) is 12.3 Å². The SMILES string of the molecule is COc1ccccc1C1Oc2ccccc2C2CC(c3ccc(C)cc3)=NN21. The molecule has 0 spiro atoms. The maximum atomic E-state index is 6.42. The highest BCUT2D eigenvalue weighted by atomic mass is 16.5. The van der Waals surface area contributed by atoms with Gasteiger partial charge in [0.2, 0.25) is 6.23 Å². The molecular formula is C24H22N2O2. The normalized spacial score (nSPS) is 20.1. The summed E-state index contributed by atoms with van der Waals surface area (Å²) in [6.07, 6.45) is 0.536. The molecule has 5 rings (SSSR count). The predicted octanol–water partition coefficient (Wildman–Crippen LogP) is 5.25. The lowest BCUT2D eigenvalue weighted by molar-refractivity contribution is -0.0203. The number of hydrazone groups is 1. The number of ether oxygens (including phenoxy) is 2. The van der Waals surface area contributed by atoms with Crippen LogP contribution in [0.3, 0.4) is 0 Å². The van der Waals surface area contributed by atoms with Gasteiger partial charge in [-0.3, -0.25) is 0 Å². The molecule has 0 saturated carbocycles. The zero-order valence-electron chi connectivity index (χ0n) is 16.0. The number of aryl methyl sites for hydroxylation is 1. The Morgan fingerprint density at radius 1 is 0.929 bits per heavy atom. The third kappa shape index (κ3) is 2.73. The standard InChI is InChI=1S/C24H22N2O2/c1-16-11-13-17(14-12-16)20-15-21-18-7-3-6-10-23(18)28-24(26(21)25-20)19-8-4-5-9-22(19)27-2/h3-14,21,24H,15H2,1-2H3. The van der Waals surface area contributed by atoms with Crippen molar-refractivity contribution in [3.63, 3.8) is 0 Å². The first kappa shape index (κ1) is 16.9. The largest absolute Gasteiger partial charge is 0.496 e. The van der Waals surface area contributed by atoms with Gasteiger partial charge in [0.05, 0.1) is 24.4 Å². The summed E-state index contributed by atoms with van der Waals surface area (Å²) in [6, 6.07) is 25.0. The number of hydrogen-bond acceptors (Lipinski definition) is 4. The van der Waals surface area contributed by atoms with Gasteiger partial charge in [-0.2, -0.15) is 5.10 Å². The summed E-state index contributed by atoms with van der Waals surface area (Å²) in [6.45, 7) is 2.10. The van der Waals surface area contributed by atoms with E-state index in [1.165, 1.54) is 11.1 Å². The van der Waals surface area contributed by atoms with E-state index < -0.39 is 0 Å². The van der Waals surface area contributed by atoms with Gasteiger partial charge >= 0.3 is 0 Å². The molecule has 28 heavy (non-hydrogen) atoms. The van der Waals surface area contributed by atoms with Crippen molar-refractivity contribution < 1.29 is 9.47 Å². The van der Waals surface area contributed by atoms with Crippen molar-refractivity contribution in [2.75, 3.05) is 7.11 Å². The first-order valence-corrected chi connectivity index (χ1v) is 9.56. The van der Waals surface area contributed by atoms with Crippen LogP contribution < -0.4 is 9.47 Å². The van der Waals surface area contributed by atoms with Crippen molar-refractivity contribution in [3.05, 3.63) is 95.1 Å². The van der Waals surface area contributed by atoms with Crippen molar-refractivity contribution in [1.29, 1.82) is 0 Å². The monoisotopic (exact) mass is 370 g/mol. The van der Waals surface area contributed by atoms with E-state index in [9.17, 15) is 0 Å². The molecule has 0 fully saturated rings. The number of fused-ring (bicyclic) bond motifs is 3. The number of nitrogens with zero attached hydrogens (tertiary/aromatic N) is 2. The van der Waals surface area contributed by atoms with Gasteiger partial charge in [-0.25, -0.2) is 5.01 Å². The molecule has 0 saturated heterocycles. The molecule has 3 aromatic rings. The lowest BCUT2D eigenvalue weighted by Crippen LogP contribution is -2.33. The van der Waals surface area contributed by atoms with Crippen molar-refractivity contribution >= 4 is 5.71 Å². The van der Waals surface area contributed by atoms with Gasteiger partial charge in [0, 0.05) is 12.0 Å². The molecular weight excluding hydrogens is 348 g/mol. The van der Waals surface area contributed by atoms with Crippen LogP contribution in [0.4, 0.5) is 0 Å². The van der Waals surface area contributed by atoms with Gasteiger partial charge in [-0.05, 0) is 30.7 Å². The van der Waals surface area contributed by atoms with Gasteiger partial charge in [-0.15, -0.1) is 0 Å². The minimum atomic E-state index is -0.320. The van der Waals surface area contributed by atoms with Crippen LogP contribution in [0, 0.1) is 6.92 Å². The highest BCUT2D eigenvalue weighted by Crippen LogP contribution is 2.48. The van der Waals surface area contributed by atoms with Crippen LogP contribution in [0.2, 0.25) is 0 Å². The summed E-state index contributed by atoms with van der Waals surface area (Å²) in [4.78, 5) is 0. The van der Waals surface area contributed by atoms with Crippen molar-refractivity contribution in [2.24, 2.45) is 5.10 Å². The molecule has 0 N–H and O–H groups in total. The van der Waals surface area contributed by atoms with Gasteiger partial charge in [-0.1, -0.05) is 60.2 Å². The Morgan fingerprint density at radius 3 is 2.43 bits per heavy atom. The van der Waals surface area contributed by atoms with E-state index in [1.54, 1.807) is 7.11 Å². The Balaban J connectivity index is 1.61. The second-order valence-corrected chi connectivity index (χ2v) is 7.26. The third-order valence-corrected chi connectivity index (χ3v) is 5.49. The maximum absolute atomic E-state index is 6.42. The molecule has 2 aliphatic heterocycles. The molecule has 0 aliphatic carbocycles. The summed E-state index contributed by atoms with van der Waals surface area (Å²) in [5.74, 6) is 1.73. The number of rotatable bonds is 3. The van der Waals surface area contributed by atoms with Crippen LogP contribution in [-0.2, 0) is 0 Å². The smallest absolute Gasteiger partial charge is 0.217 e. The Kier molecular flexibility index (Phi) is 4.05. The van der Waals surface area contributed by atoms with E-state index in [0.717, 1.165) is 34.8 Å². The summed E-state index contributed by atoms with van der Waals surface area (Å²) in [7, 11) is 1.69. The summed E-state index contributed by atoms with van der Waals surface area (Å²) < 4.78 is 12.0. The zero-order valence-corrected chi connectivity index (χ0v) is 16.0. The van der Waals surface area contributed by atoms with Crippen LogP contribution in [0.5, 0.6) is 11.5 Å². The summed E-state index contributed by atoms with van der Waals surface area (Å²) in [5.41, 5.74) is 5.67. The second-order valence-electron chi connectivity index (χ2n) is 7.26. The van der Waals surface area contributed by atoms with Gasteiger partial charge in [0.25, 0.3) is 0 Å². The molecule has 0 amide bonds. The average Bonchev–Trinajstić information content (AvgIpc) is 3.19. The Morgan fingerprint density at radius 2 is 1.64 bits per heavy atom. The van der Waals surface area contributed by atoms with Gasteiger partial charge in [0.15, 0.2) is 0 Å². The molecule has 0 bridgehead atoms. The van der Waals surface area contributed by atoms with Crippen LogP contribution in [0.25, 0.3) is 0 Å². The number of hydrogen-bond donors (Lipinski definition) is 0. The van der Waals surface area contributed by atoms with Crippen molar-refractivity contribution in [1.82, 2.24) is 5.01 Å². The first-order chi connectivity index (χ1) is 13.7. The van der Waals surface area contributed by atoms with Crippen LogP contribution >= 0.6 is 0 Å². The van der Waals surface area contributed by atoms with E-state index in [0.29, 0.717) is 0 Å². The maximum Gasteiger partial charge on any atom is 0.217 e. The first-order valence-electron chi connectivity index (χ1n) is 9.56. The molecule has 140 valence electrons. The quantitative estimate of drug-likeness (QED) is 0.632. The Hall–Kier alpha value is -3.27. The van der Waals surface area contributed by atoms with Crippen LogP contribution in [0.15, 0.2) is 77.9 Å². The summed E-state index contributed by atoms with van der Waals surface area (Å²) in [5, 5.41) is 7.10. The molecule has 4 nitrogen and oxygen atoms in total. The van der Waals surface area contributed by atoms with E-state index in [4.69, 9.17) is 14.6 Å². The highest BCUT2D eigenvalue weighted by Gasteiger charge is 2.41. The minimum Gasteiger partial charge on any atom is -0.496 e. The fourth-order valence-corrected chi connectivity index (χ4v) is 4.03. The molecule has 4 heteroatoms. The van der Waals surface area contributed by atoms with E-state index >= 15 is 0 Å². The van der Waals surface area contributed by atoms with Crippen LogP contribution in [0.1, 0.15) is 40.9 Å². The van der Waals surface area contributed by atoms with Crippen molar-refractivity contribution in [2.45, 2.75) is 25.6 Å². The molecule has 2 aliphatic rings. The summed E-state index contributed by atoms with van der Waals surface area (Å²) >= 11 is 0. The lowest BCUT2D eigenvalue weighted by Gasteiger charge is -2.38. The third-order valence-electron chi connectivity index (χ3n) is 5.49. The van der Waals surface area contributed by atoms with E-state index in [2.05, 4.69) is 48.3 Å². The predicted molar refractivity (Wildman–Crippen MR) is 110 cm³/mol. The Bertz CT molecular complexity index is 1040. The van der Waals surface area contributed by atoms with Crippen LogP contribution in [-0.4, -0.2) is 17.8 Å². The molecule has 3 aromatic carbocycles. The van der Waals surface area contributed by atoms with E-state index in [1.807, 2.05) is 36.4 Å². The topological polar surface area (TPSA) is 34.1 Å². The highest BCUT2D eigenvalue weighted by molar-refractivity contribution is 6.02. The van der Waals surface area contributed by atoms with Gasteiger partial charge < -0.3 is 9.47 Å². The number of methoxy groups -OCH3 is 1. The second kappa shape index (κ2) is 6.71. The number of para-hydroxylation sites is 2. The Labute approximate surface area is 165 Å². The minimum absolute atomic E-state index is 0.149. The molecule has 0 aromatic heterocycles. The molecule has 2 unspecified atom stereocenters. The fraction of sp³-hybridized carbons (Fsp3) is 0.208. The molecule has 0 radical (unpaired) electrons. The zero-order chi connectivity index (χ0) is 19.1. The van der Waals surface area contributed by atoms with Crippen molar-refractivity contribution in [3.8, 4) is 11.5 Å². The molecule has 2 atom stereocenters. The molecule has 2 heterocycles. The van der Waals surface area contributed by atoms with Gasteiger partial charge in [0.1, 0.15) is 11.5 Å².